The van der Waals surface area contributed by atoms with Crippen molar-refractivity contribution in [1.82, 2.24) is 5.32 Å². The van der Waals surface area contributed by atoms with Crippen LogP contribution >= 0.6 is 0 Å². The van der Waals surface area contributed by atoms with Crippen LogP contribution in [-0.4, -0.2) is 34.1 Å². The van der Waals surface area contributed by atoms with Crippen molar-refractivity contribution < 1.29 is 22.3 Å². The second-order valence-electron chi connectivity index (χ2n) is 6.76. The van der Waals surface area contributed by atoms with Crippen molar-refractivity contribution in [1.29, 1.82) is 0 Å². The molecular formula is C20H23FN2O4S. The van der Waals surface area contributed by atoms with Crippen LogP contribution in [0.1, 0.15) is 29.6 Å². The minimum atomic E-state index is -3.82. The Balaban J connectivity index is 1.46. The zero-order chi connectivity index (χ0) is 20.0. The molecule has 0 aromatic heterocycles. The average molecular weight is 406 g/mol. The Morgan fingerprint density at radius 3 is 2.39 bits per heavy atom. The fraction of sp³-hybridized carbons (Fsp3) is 0.350. The molecule has 0 radical (unpaired) electrons. The Labute approximate surface area is 164 Å². The van der Waals surface area contributed by atoms with Gasteiger partial charge in [0.2, 0.25) is 0 Å². The average Bonchev–Trinajstić information content (AvgIpc) is 3.49. The minimum absolute atomic E-state index is 0.0420. The largest absolute Gasteiger partial charge is 0.381 e. The van der Waals surface area contributed by atoms with Gasteiger partial charge < -0.3 is 10.1 Å². The van der Waals surface area contributed by atoms with Crippen molar-refractivity contribution in [3.8, 4) is 0 Å². The van der Waals surface area contributed by atoms with E-state index >= 15 is 0 Å². The smallest absolute Gasteiger partial charge is 0.261 e. The van der Waals surface area contributed by atoms with Gasteiger partial charge >= 0.3 is 0 Å². The van der Waals surface area contributed by atoms with Gasteiger partial charge in [-0.15, -0.1) is 0 Å². The summed E-state index contributed by atoms with van der Waals surface area (Å²) < 4.78 is 45.4. The number of sulfonamides is 1. The predicted molar refractivity (Wildman–Crippen MR) is 104 cm³/mol. The van der Waals surface area contributed by atoms with Gasteiger partial charge in [0.15, 0.2) is 0 Å². The lowest BCUT2D eigenvalue weighted by atomic mass is 10.2. The maximum absolute atomic E-state index is 12.9. The topological polar surface area (TPSA) is 84.5 Å². The molecule has 8 heteroatoms. The first kappa shape index (κ1) is 20.3. The number of amides is 1. The van der Waals surface area contributed by atoms with Gasteiger partial charge in [-0.05, 0) is 73.7 Å². The van der Waals surface area contributed by atoms with Crippen LogP contribution in [0.15, 0.2) is 53.4 Å². The fourth-order valence-electron chi connectivity index (χ4n) is 2.53. The van der Waals surface area contributed by atoms with E-state index in [1.54, 1.807) is 12.1 Å². The second-order valence-corrected chi connectivity index (χ2v) is 8.45. The Kier molecular flexibility index (Phi) is 6.64. The highest BCUT2D eigenvalue weighted by Crippen LogP contribution is 2.28. The van der Waals surface area contributed by atoms with Crippen molar-refractivity contribution in [2.75, 3.05) is 24.5 Å². The molecule has 0 bridgehead atoms. The highest BCUT2D eigenvalue weighted by Gasteiger charge is 2.20. The van der Waals surface area contributed by atoms with E-state index in [1.807, 2.05) is 0 Å². The molecule has 6 nitrogen and oxygen atoms in total. The molecule has 3 rings (SSSR count). The number of benzene rings is 2. The van der Waals surface area contributed by atoms with Crippen LogP contribution in [0.2, 0.25) is 0 Å². The van der Waals surface area contributed by atoms with Crippen molar-refractivity contribution in [2.45, 2.75) is 24.2 Å². The number of hydrogen-bond acceptors (Lipinski definition) is 4. The van der Waals surface area contributed by atoms with Crippen LogP contribution in [0.3, 0.4) is 0 Å². The highest BCUT2D eigenvalue weighted by molar-refractivity contribution is 7.92. The standard InChI is InChI=1S/C20H23FN2O4S/c21-17-6-10-19(11-7-17)28(25,26)23-18-8-4-16(5-9-18)20(24)22-12-1-13-27-14-15-2-3-15/h4-11,15,23H,1-3,12-14H2,(H,22,24). The summed E-state index contributed by atoms with van der Waals surface area (Å²) >= 11 is 0. The summed E-state index contributed by atoms with van der Waals surface area (Å²) in [6.45, 7) is 1.95. The van der Waals surface area contributed by atoms with E-state index in [0.717, 1.165) is 31.1 Å². The minimum Gasteiger partial charge on any atom is -0.381 e. The first-order chi connectivity index (χ1) is 13.4. The van der Waals surface area contributed by atoms with Crippen LogP contribution in [0.5, 0.6) is 0 Å². The second kappa shape index (κ2) is 9.16. The van der Waals surface area contributed by atoms with Crippen molar-refractivity contribution in [3.05, 3.63) is 59.9 Å². The molecule has 1 fully saturated rings. The number of halogens is 1. The SMILES string of the molecule is O=C(NCCCOCC1CC1)c1ccc(NS(=O)(=O)c2ccc(F)cc2)cc1. The van der Waals surface area contributed by atoms with Crippen LogP contribution in [0, 0.1) is 11.7 Å². The van der Waals surface area contributed by atoms with Crippen LogP contribution in [0.25, 0.3) is 0 Å². The molecule has 2 aromatic carbocycles. The number of rotatable bonds is 10. The Morgan fingerprint density at radius 2 is 1.75 bits per heavy atom. The predicted octanol–water partition coefficient (Wildman–Crippen LogP) is 3.17. The summed E-state index contributed by atoms with van der Waals surface area (Å²) in [5.74, 6) is -0.00693. The Hall–Kier alpha value is -2.45. The molecule has 150 valence electrons. The molecule has 0 unspecified atom stereocenters. The van der Waals surface area contributed by atoms with E-state index in [9.17, 15) is 17.6 Å². The molecule has 1 aliphatic rings. The van der Waals surface area contributed by atoms with Crippen molar-refractivity contribution in [2.24, 2.45) is 5.92 Å². The van der Waals surface area contributed by atoms with Gasteiger partial charge in [-0.3, -0.25) is 9.52 Å². The van der Waals surface area contributed by atoms with Gasteiger partial charge in [0.1, 0.15) is 5.82 Å². The van der Waals surface area contributed by atoms with Gasteiger partial charge in [-0.1, -0.05) is 0 Å². The summed E-state index contributed by atoms with van der Waals surface area (Å²) in [5.41, 5.74) is 0.748. The van der Waals surface area contributed by atoms with Crippen molar-refractivity contribution >= 4 is 21.6 Å². The third-order valence-corrected chi connectivity index (χ3v) is 5.72. The maximum atomic E-state index is 12.9. The molecule has 0 saturated heterocycles. The molecule has 28 heavy (non-hydrogen) atoms. The van der Waals surface area contributed by atoms with Gasteiger partial charge in [-0.25, -0.2) is 12.8 Å². The first-order valence-corrected chi connectivity index (χ1v) is 10.7. The molecule has 0 aliphatic heterocycles. The summed E-state index contributed by atoms with van der Waals surface area (Å²) in [5, 5.41) is 2.81. The van der Waals surface area contributed by atoms with Gasteiger partial charge in [-0.2, -0.15) is 0 Å². The third kappa shape index (κ3) is 6.03. The summed E-state index contributed by atoms with van der Waals surface area (Å²) in [6, 6.07) is 10.6. The third-order valence-electron chi connectivity index (χ3n) is 4.32. The number of ether oxygens (including phenoxy) is 1. The number of carbonyl (C=O) groups is 1. The van der Waals surface area contributed by atoms with Crippen LogP contribution in [-0.2, 0) is 14.8 Å². The number of carbonyl (C=O) groups excluding carboxylic acids is 1. The normalized spacial score (nSPS) is 13.9. The van der Waals surface area contributed by atoms with Crippen LogP contribution < -0.4 is 10.0 Å². The van der Waals surface area contributed by atoms with E-state index in [-0.39, 0.29) is 10.8 Å². The van der Waals surface area contributed by atoms with E-state index in [1.165, 1.54) is 37.1 Å². The van der Waals surface area contributed by atoms with E-state index in [0.29, 0.717) is 24.4 Å². The van der Waals surface area contributed by atoms with Crippen LogP contribution in [0.4, 0.5) is 10.1 Å². The number of hydrogen-bond donors (Lipinski definition) is 2. The molecule has 2 N–H and O–H groups in total. The molecule has 0 atom stereocenters. The van der Waals surface area contributed by atoms with Gasteiger partial charge in [0.05, 0.1) is 4.90 Å². The molecule has 1 saturated carbocycles. The number of anilines is 1. The lowest BCUT2D eigenvalue weighted by molar-refractivity contribution is 0.0937. The van der Waals surface area contributed by atoms with E-state index in [2.05, 4.69) is 10.0 Å². The molecule has 0 spiro atoms. The Morgan fingerprint density at radius 1 is 1.07 bits per heavy atom. The number of nitrogens with one attached hydrogen (secondary N) is 2. The molecule has 0 heterocycles. The first-order valence-electron chi connectivity index (χ1n) is 9.18. The Bertz CT molecular complexity index is 895. The zero-order valence-corrected chi connectivity index (χ0v) is 16.2. The zero-order valence-electron chi connectivity index (χ0n) is 15.4. The van der Waals surface area contributed by atoms with E-state index in [4.69, 9.17) is 4.74 Å². The molecule has 2 aromatic rings. The molecule has 1 amide bonds. The highest BCUT2D eigenvalue weighted by atomic mass is 32.2. The summed E-state index contributed by atoms with van der Waals surface area (Å²) in [6.07, 6.45) is 3.26. The van der Waals surface area contributed by atoms with E-state index < -0.39 is 15.8 Å². The summed E-state index contributed by atoms with van der Waals surface area (Å²) in [7, 11) is -3.82. The summed E-state index contributed by atoms with van der Waals surface area (Å²) in [4.78, 5) is 12.1. The quantitative estimate of drug-likeness (QED) is 0.594. The lowest BCUT2D eigenvalue weighted by Gasteiger charge is -2.09. The lowest BCUT2D eigenvalue weighted by Crippen LogP contribution is -2.25. The monoisotopic (exact) mass is 406 g/mol. The maximum Gasteiger partial charge on any atom is 0.261 e. The molecular weight excluding hydrogens is 383 g/mol. The fourth-order valence-corrected chi connectivity index (χ4v) is 3.59. The van der Waals surface area contributed by atoms with Gasteiger partial charge in [0.25, 0.3) is 15.9 Å². The molecule has 1 aliphatic carbocycles. The van der Waals surface area contributed by atoms with Crippen molar-refractivity contribution in [3.63, 3.8) is 0 Å². The van der Waals surface area contributed by atoms with Gasteiger partial charge in [0, 0.05) is 31.0 Å².